The first-order chi connectivity index (χ1) is 15.5. The minimum atomic E-state index is -0.454. The molecular formula is C25H33N3O4. The highest BCUT2D eigenvalue weighted by Crippen LogP contribution is 2.25. The number of carbonyl (C=O) groups is 2. The topological polar surface area (TPSA) is 71.1 Å². The molecule has 0 saturated carbocycles. The van der Waals surface area contributed by atoms with Gasteiger partial charge < -0.3 is 19.7 Å². The van der Waals surface area contributed by atoms with Gasteiger partial charge in [0, 0.05) is 31.9 Å². The monoisotopic (exact) mass is 439 g/mol. The van der Waals surface area contributed by atoms with Crippen molar-refractivity contribution in [3.63, 3.8) is 0 Å². The lowest BCUT2D eigenvalue weighted by Gasteiger charge is -2.30. The summed E-state index contributed by atoms with van der Waals surface area (Å²) in [5, 5.41) is 3.03. The summed E-state index contributed by atoms with van der Waals surface area (Å²) in [6, 6.07) is 16.6. The molecule has 3 rings (SSSR count). The van der Waals surface area contributed by atoms with Crippen LogP contribution in [-0.4, -0.2) is 61.7 Å². The van der Waals surface area contributed by atoms with Gasteiger partial charge in [-0.25, -0.2) is 4.79 Å². The van der Waals surface area contributed by atoms with Crippen LogP contribution in [0, 0.1) is 5.92 Å². The highest BCUT2D eigenvalue weighted by atomic mass is 16.6. The summed E-state index contributed by atoms with van der Waals surface area (Å²) >= 11 is 0. The SMILES string of the molecule is COc1ccc(NC(=O)C(c2ccccc2)N2CCCN(C(=O)OCC(C)C)CC2)cc1. The summed E-state index contributed by atoms with van der Waals surface area (Å²) in [7, 11) is 1.61. The summed E-state index contributed by atoms with van der Waals surface area (Å²) in [5.74, 6) is 0.934. The van der Waals surface area contributed by atoms with Gasteiger partial charge in [-0.3, -0.25) is 9.69 Å². The van der Waals surface area contributed by atoms with E-state index in [4.69, 9.17) is 9.47 Å². The minimum Gasteiger partial charge on any atom is -0.497 e. The Bertz CT molecular complexity index is 871. The van der Waals surface area contributed by atoms with E-state index < -0.39 is 6.04 Å². The fourth-order valence-electron chi connectivity index (χ4n) is 3.76. The van der Waals surface area contributed by atoms with E-state index in [0.29, 0.717) is 44.4 Å². The second-order valence-corrected chi connectivity index (χ2v) is 8.38. The Morgan fingerprint density at radius 1 is 0.969 bits per heavy atom. The summed E-state index contributed by atoms with van der Waals surface area (Å²) < 4.78 is 10.6. The van der Waals surface area contributed by atoms with Crippen LogP contribution in [0.4, 0.5) is 10.5 Å². The molecule has 2 aromatic carbocycles. The fraction of sp³-hybridized carbons (Fsp3) is 0.440. The molecule has 172 valence electrons. The molecule has 1 unspecified atom stereocenters. The molecule has 0 bridgehead atoms. The number of nitrogens with one attached hydrogen (secondary N) is 1. The summed E-state index contributed by atoms with van der Waals surface area (Å²) in [5.41, 5.74) is 1.64. The number of methoxy groups -OCH3 is 1. The summed E-state index contributed by atoms with van der Waals surface area (Å²) in [6.45, 7) is 6.89. The van der Waals surface area contributed by atoms with E-state index in [2.05, 4.69) is 10.2 Å². The molecule has 1 saturated heterocycles. The maximum atomic E-state index is 13.4. The Balaban J connectivity index is 1.72. The maximum Gasteiger partial charge on any atom is 0.409 e. The number of hydrogen-bond acceptors (Lipinski definition) is 5. The standard InChI is InChI=1S/C25H33N3O4/c1-19(2)18-32-25(30)28-15-7-14-27(16-17-28)23(20-8-5-4-6-9-20)24(29)26-21-10-12-22(31-3)13-11-21/h4-6,8-13,19,23H,7,14-18H2,1-3H3,(H,26,29). The summed E-state index contributed by atoms with van der Waals surface area (Å²) in [4.78, 5) is 29.7. The van der Waals surface area contributed by atoms with Crippen molar-refractivity contribution in [3.05, 3.63) is 60.2 Å². The van der Waals surface area contributed by atoms with Crippen molar-refractivity contribution in [2.24, 2.45) is 5.92 Å². The zero-order valence-corrected chi connectivity index (χ0v) is 19.1. The van der Waals surface area contributed by atoms with E-state index in [1.54, 1.807) is 12.0 Å². The van der Waals surface area contributed by atoms with Gasteiger partial charge in [0.05, 0.1) is 13.7 Å². The lowest BCUT2D eigenvalue weighted by molar-refractivity contribution is -0.121. The third-order valence-electron chi connectivity index (χ3n) is 5.42. The lowest BCUT2D eigenvalue weighted by Crippen LogP contribution is -2.40. The van der Waals surface area contributed by atoms with Crippen molar-refractivity contribution in [1.29, 1.82) is 0 Å². The maximum absolute atomic E-state index is 13.4. The number of rotatable bonds is 7. The third kappa shape index (κ3) is 6.47. The molecule has 7 nitrogen and oxygen atoms in total. The van der Waals surface area contributed by atoms with Crippen LogP contribution >= 0.6 is 0 Å². The number of hydrogen-bond donors (Lipinski definition) is 1. The van der Waals surface area contributed by atoms with E-state index in [-0.39, 0.29) is 12.0 Å². The normalized spacial score (nSPS) is 15.7. The van der Waals surface area contributed by atoms with Crippen molar-refractivity contribution >= 4 is 17.7 Å². The average molecular weight is 440 g/mol. The quantitative estimate of drug-likeness (QED) is 0.701. The summed E-state index contributed by atoms with van der Waals surface area (Å²) in [6.07, 6.45) is 0.495. The number of anilines is 1. The first-order valence-electron chi connectivity index (χ1n) is 11.1. The van der Waals surface area contributed by atoms with Crippen LogP contribution in [0.2, 0.25) is 0 Å². The smallest absolute Gasteiger partial charge is 0.409 e. The predicted molar refractivity (Wildman–Crippen MR) is 125 cm³/mol. The van der Waals surface area contributed by atoms with E-state index in [1.807, 2.05) is 68.4 Å². The van der Waals surface area contributed by atoms with Crippen molar-refractivity contribution < 1.29 is 19.1 Å². The van der Waals surface area contributed by atoms with Gasteiger partial charge in [0.1, 0.15) is 11.8 Å². The number of amides is 2. The van der Waals surface area contributed by atoms with E-state index >= 15 is 0 Å². The first kappa shape index (κ1) is 23.6. The highest BCUT2D eigenvalue weighted by Gasteiger charge is 2.30. The van der Waals surface area contributed by atoms with Gasteiger partial charge in [0.2, 0.25) is 5.91 Å². The van der Waals surface area contributed by atoms with Gasteiger partial charge in [0.15, 0.2) is 0 Å². The molecule has 1 heterocycles. The molecular weight excluding hydrogens is 406 g/mol. The van der Waals surface area contributed by atoms with Crippen molar-refractivity contribution in [2.45, 2.75) is 26.3 Å². The molecule has 32 heavy (non-hydrogen) atoms. The fourth-order valence-corrected chi connectivity index (χ4v) is 3.76. The van der Waals surface area contributed by atoms with Gasteiger partial charge in [0.25, 0.3) is 0 Å². The molecule has 1 N–H and O–H groups in total. The van der Waals surface area contributed by atoms with Crippen LogP contribution in [0.25, 0.3) is 0 Å². The van der Waals surface area contributed by atoms with Gasteiger partial charge >= 0.3 is 6.09 Å². The molecule has 0 aliphatic carbocycles. The van der Waals surface area contributed by atoms with Crippen LogP contribution in [0.1, 0.15) is 31.9 Å². The van der Waals surface area contributed by atoms with Crippen LogP contribution in [0.3, 0.4) is 0 Å². The molecule has 1 aliphatic heterocycles. The lowest BCUT2D eigenvalue weighted by atomic mass is 10.0. The molecule has 7 heteroatoms. The Morgan fingerprint density at radius 3 is 2.34 bits per heavy atom. The Labute approximate surface area is 190 Å². The van der Waals surface area contributed by atoms with Gasteiger partial charge in [-0.2, -0.15) is 0 Å². The zero-order chi connectivity index (χ0) is 22.9. The largest absolute Gasteiger partial charge is 0.497 e. The highest BCUT2D eigenvalue weighted by molar-refractivity contribution is 5.95. The number of carbonyl (C=O) groups excluding carboxylic acids is 2. The van der Waals surface area contributed by atoms with E-state index in [0.717, 1.165) is 17.7 Å². The first-order valence-corrected chi connectivity index (χ1v) is 11.1. The van der Waals surface area contributed by atoms with Crippen molar-refractivity contribution in [2.75, 3.05) is 45.2 Å². The second-order valence-electron chi connectivity index (χ2n) is 8.38. The molecule has 1 aliphatic rings. The number of benzene rings is 2. The van der Waals surface area contributed by atoms with Gasteiger partial charge in [-0.05, 0) is 42.2 Å². The molecule has 1 atom stereocenters. The third-order valence-corrected chi connectivity index (χ3v) is 5.42. The zero-order valence-electron chi connectivity index (χ0n) is 19.1. The van der Waals surface area contributed by atoms with Crippen molar-refractivity contribution in [3.8, 4) is 5.75 Å². The Kier molecular flexibility index (Phi) is 8.50. The van der Waals surface area contributed by atoms with Crippen LogP contribution < -0.4 is 10.1 Å². The number of nitrogens with zero attached hydrogens (tertiary/aromatic N) is 2. The molecule has 2 aromatic rings. The van der Waals surface area contributed by atoms with Crippen LogP contribution in [-0.2, 0) is 9.53 Å². The number of ether oxygens (including phenoxy) is 2. The Hall–Kier alpha value is -3.06. The molecule has 0 aromatic heterocycles. The minimum absolute atomic E-state index is 0.0998. The molecule has 0 spiro atoms. The predicted octanol–water partition coefficient (Wildman–Crippen LogP) is 4.18. The van der Waals surface area contributed by atoms with Crippen molar-refractivity contribution in [1.82, 2.24) is 9.80 Å². The van der Waals surface area contributed by atoms with Crippen LogP contribution in [0.15, 0.2) is 54.6 Å². The molecule has 0 radical (unpaired) electrons. The van der Waals surface area contributed by atoms with Gasteiger partial charge in [-0.1, -0.05) is 44.2 Å². The van der Waals surface area contributed by atoms with E-state index in [1.165, 1.54) is 0 Å². The second kappa shape index (κ2) is 11.5. The van der Waals surface area contributed by atoms with Crippen LogP contribution in [0.5, 0.6) is 5.75 Å². The average Bonchev–Trinajstić information content (AvgIpc) is 3.05. The van der Waals surface area contributed by atoms with Gasteiger partial charge in [-0.15, -0.1) is 0 Å². The molecule has 2 amide bonds. The van der Waals surface area contributed by atoms with E-state index in [9.17, 15) is 9.59 Å². The Morgan fingerprint density at radius 2 is 1.69 bits per heavy atom. The molecule has 1 fully saturated rings.